The first-order valence-electron chi connectivity index (χ1n) is 8.30. The number of carbonyl (C=O) groups is 1. The Kier molecular flexibility index (Phi) is 4.31. The van der Waals surface area contributed by atoms with Crippen LogP contribution in [-0.4, -0.2) is 20.9 Å². The van der Waals surface area contributed by atoms with Gasteiger partial charge in [-0.1, -0.05) is 24.3 Å². The van der Waals surface area contributed by atoms with Crippen LogP contribution in [0.25, 0.3) is 22.4 Å². The summed E-state index contributed by atoms with van der Waals surface area (Å²) in [6.45, 7) is 0. The number of hydrogen-bond donors (Lipinski definition) is 2. The van der Waals surface area contributed by atoms with Gasteiger partial charge in [-0.25, -0.2) is 9.97 Å². The number of amides is 1. The maximum absolute atomic E-state index is 13.0. The number of halogens is 3. The number of alkyl halides is 3. The molecule has 0 saturated heterocycles. The average Bonchev–Trinajstić information content (AvgIpc) is 3.12. The summed E-state index contributed by atoms with van der Waals surface area (Å²) in [4.78, 5) is 24.0. The van der Waals surface area contributed by atoms with Gasteiger partial charge in [0.1, 0.15) is 17.2 Å². The summed E-state index contributed by atoms with van der Waals surface area (Å²) >= 11 is 0. The second-order valence-corrected chi connectivity index (χ2v) is 6.03. The lowest BCUT2D eigenvalue weighted by Gasteiger charge is -2.07. The SMILES string of the molecule is O=C(Nc1ccccn1)c1cccc2[nH]c(-c3cccc(C(F)(F)F)c3)nc12. The third kappa shape index (κ3) is 3.44. The molecule has 2 heterocycles. The van der Waals surface area contributed by atoms with Crippen LogP contribution < -0.4 is 5.32 Å². The van der Waals surface area contributed by atoms with E-state index in [9.17, 15) is 18.0 Å². The van der Waals surface area contributed by atoms with Gasteiger partial charge in [-0.15, -0.1) is 0 Å². The van der Waals surface area contributed by atoms with Gasteiger partial charge in [0.05, 0.1) is 16.6 Å². The van der Waals surface area contributed by atoms with Crippen molar-refractivity contribution in [3.05, 3.63) is 78.0 Å². The Hall–Kier alpha value is -3.68. The van der Waals surface area contributed by atoms with Crippen LogP contribution in [0.5, 0.6) is 0 Å². The van der Waals surface area contributed by atoms with E-state index in [2.05, 4.69) is 20.3 Å². The quantitative estimate of drug-likeness (QED) is 0.530. The topological polar surface area (TPSA) is 70.7 Å². The molecule has 0 fully saturated rings. The monoisotopic (exact) mass is 382 g/mol. The summed E-state index contributed by atoms with van der Waals surface area (Å²) in [5, 5.41) is 2.68. The number of aromatic nitrogens is 3. The highest BCUT2D eigenvalue weighted by Crippen LogP contribution is 2.32. The molecule has 0 aliphatic carbocycles. The molecule has 2 aromatic heterocycles. The molecule has 0 radical (unpaired) electrons. The van der Waals surface area contributed by atoms with Crippen LogP contribution in [0.2, 0.25) is 0 Å². The summed E-state index contributed by atoms with van der Waals surface area (Å²) in [6.07, 6.45) is -2.90. The summed E-state index contributed by atoms with van der Waals surface area (Å²) in [6, 6.07) is 15.0. The lowest BCUT2D eigenvalue weighted by molar-refractivity contribution is -0.137. The molecule has 8 heteroatoms. The fourth-order valence-corrected chi connectivity index (χ4v) is 2.82. The number of anilines is 1. The number of H-pyrrole nitrogens is 1. The van der Waals surface area contributed by atoms with Crippen LogP contribution in [0, 0.1) is 0 Å². The molecular formula is C20H13F3N4O. The highest BCUT2D eigenvalue weighted by atomic mass is 19.4. The van der Waals surface area contributed by atoms with Gasteiger partial charge >= 0.3 is 6.18 Å². The molecule has 4 rings (SSSR count). The van der Waals surface area contributed by atoms with E-state index >= 15 is 0 Å². The zero-order chi connectivity index (χ0) is 19.7. The number of hydrogen-bond acceptors (Lipinski definition) is 3. The normalized spacial score (nSPS) is 11.5. The minimum Gasteiger partial charge on any atom is -0.338 e. The summed E-state index contributed by atoms with van der Waals surface area (Å²) in [7, 11) is 0. The summed E-state index contributed by atoms with van der Waals surface area (Å²) in [5.74, 6) is 0.226. The van der Waals surface area contributed by atoms with Crippen molar-refractivity contribution in [3.63, 3.8) is 0 Å². The van der Waals surface area contributed by atoms with E-state index in [0.29, 0.717) is 16.9 Å². The minimum absolute atomic E-state index is 0.249. The fourth-order valence-electron chi connectivity index (χ4n) is 2.82. The number of rotatable bonds is 3. The molecule has 0 atom stereocenters. The second kappa shape index (κ2) is 6.80. The molecule has 4 aromatic rings. The van der Waals surface area contributed by atoms with Gasteiger partial charge in [0, 0.05) is 11.8 Å². The number of nitrogens with zero attached hydrogens (tertiary/aromatic N) is 2. The summed E-state index contributed by atoms with van der Waals surface area (Å²) in [5.41, 5.74) is 0.711. The van der Waals surface area contributed by atoms with Crippen molar-refractivity contribution in [2.75, 3.05) is 5.32 Å². The van der Waals surface area contributed by atoms with E-state index in [-0.39, 0.29) is 17.0 Å². The Morgan fingerprint density at radius 2 is 1.82 bits per heavy atom. The Labute approximate surface area is 157 Å². The molecule has 0 bridgehead atoms. The smallest absolute Gasteiger partial charge is 0.338 e. The largest absolute Gasteiger partial charge is 0.416 e. The Morgan fingerprint density at radius 3 is 2.57 bits per heavy atom. The first-order valence-corrected chi connectivity index (χ1v) is 8.30. The Balaban J connectivity index is 1.73. The van der Waals surface area contributed by atoms with Gasteiger partial charge in [0.15, 0.2) is 0 Å². The molecule has 2 aromatic carbocycles. The molecule has 140 valence electrons. The number of aromatic amines is 1. The van der Waals surface area contributed by atoms with E-state index < -0.39 is 17.6 Å². The molecule has 28 heavy (non-hydrogen) atoms. The highest BCUT2D eigenvalue weighted by molar-refractivity contribution is 6.11. The lowest BCUT2D eigenvalue weighted by atomic mass is 10.1. The van der Waals surface area contributed by atoms with E-state index in [4.69, 9.17) is 0 Å². The van der Waals surface area contributed by atoms with Crippen molar-refractivity contribution < 1.29 is 18.0 Å². The number of fused-ring (bicyclic) bond motifs is 1. The van der Waals surface area contributed by atoms with Crippen molar-refractivity contribution in [1.29, 1.82) is 0 Å². The molecule has 0 unspecified atom stereocenters. The first-order chi connectivity index (χ1) is 13.4. The molecule has 2 N–H and O–H groups in total. The molecule has 5 nitrogen and oxygen atoms in total. The number of para-hydroxylation sites is 1. The predicted octanol–water partition coefficient (Wildman–Crippen LogP) is 4.90. The average molecular weight is 382 g/mol. The molecule has 0 aliphatic rings. The molecule has 0 aliphatic heterocycles. The molecule has 0 spiro atoms. The lowest BCUT2D eigenvalue weighted by Crippen LogP contribution is -2.13. The molecule has 1 amide bonds. The maximum Gasteiger partial charge on any atom is 0.416 e. The highest BCUT2D eigenvalue weighted by Gasteiger charge is 2.30. The zero-order valence-electron chi connectivity index (χ0n) is 14.3. The van der Waals surface area contributed by atoms with Crippen LogP contribution in [0.4, 0.5) is 19.0 Å². The van der Waals surface area contributed by atoms with Crippen LogP contribution in [0.3, 0.4) is 0 Å². The van der Waals surface area contributed by atoms with Gasteiger partial charge in [-0.2, -0.15) is 13.2 Å². The van der Waals surface area contributed by atoms with Crippen LogP contribution >= 0.6 is 0 Å². The summed E-state index contributed by atoms with van der Waals surface area (Å²) < 4.78 is 38.9. The van der Waals surface area contributed by atoms with Crippen molar-refractivity contribution in [2.45, 2.75) is 6.18 Å². The minimum atomic E-state index is -4.45. The van der Waals surface area contributed by atoms with Crippen molar-refractivity contribution >= 4 is 22.8 Å². The second-order valence-electron chi connectivity index (χ2n) is 6.03. The number of nitrogens with one attached hydrogen (secondary N) is 2. The third-order valence-corrected chi connectivity index (χ3v) is 4.13. The van der Waals surface area contributed by atoms with Crippen molar-refractivity contribution in [3.8, 4) is 11.4 Å². The van der Waals surface area contributed by atoms with Gasteiger partial charge in [-0.05, 0) is 36.4 Å². The predicted molar refractivity (Wildman–Crippen MR) is 98.7 cm³/mol. The van der Waals surface area contributed by atoms with Gasteiger partial charge in [-0.3, -0.25) is 4.79 Å². The van der Waals surface area contributed by atoms with E-state index in [1.165, 1.54) is 12.1 Å². The molecule has 0 saturated carbocycles. The van der Waals surface area contributed by atoms with Gasteiger partial charge < -0.3 is 10.3 Å². The van der Waals surface area contributed by atoms with E-state index in [0.717, 1.165) is 12.1 Å². The Bertz CT molecular complexity index is 1150. The maximum atomic E-state index is 13.0. The van der Waals surface area contributed by atoms with E-state index in [1.54, 1.807) is 42.6 Å². The number of imidazole rings is 1. The fraction of sp³-hybridized carbons (Fsp3) is 0.0500. The van der Waals surface area contributed by atoms with Gasteiger partial charge in [0.2, 0.25) is 0 Å². The molecular weight excluding hydrogens is 369 g/mol. The standard InChI is InChI=1S/C20H13F3N4O/c21-20(22,23)13-6-3-5-12(11-13)18-25-15-8-4-7-14(17(15)27-18)19(28)26-16-9-1-2-10-24-16/h1-11H,(H,25,27)(H,24,26,28). The Morgan fingerprint density at radius 1 is 1.00 bits per heavy atom. The van der Waals surface area contributed by atoms with Gasteiger partial charge in [0.25, 0.3) is 5.91 Å². The zero-order valence-corrected chi connectivity index (χ0v) is 14.3. The number of benzene rings is 2. The van der Waals surface area contributed by atoms with Crippen molar-refractivity contribution in [1.82, 2.24) is 15.0 Å². The third-order valence-electron chi connectivity index (χ3n) is 4.13. The van der Waals surface area contributed by atoms with Crippen LogP contribution in [0.15, 0.2) is 66.9 Å². The van der Waals surface area contributed by atoms with Crippen molar-refractivity contribution in [2.24, 2.45) is 0 Å². The van der Waals surface area contributed by atoms with Crippen LogP contribution in [0.1, 0.15) is 15.9 Å². The number of pyridine rings is 1. The first kappa shape index (κ1) is 17.7. The van der Waals surface area contributed by atoms with Crippen LogP contribution in [-0.2, 0) is 6.18 Å². The number of carbonyl (C=O) groups excluding carboxylic acids is 1. The van der Waals surface area contributed by atoms with E-state index in [1.807, 2.05) is 0 Å².